The fourth-order valence-electron chi connectivity index (χ4n) is 3.77. The molecule has 2 aromatic carbocycles. The summed E-state index contributed by atoms with van der Waals surface area (Å²) in [6.07, 6.45) is 1.23. The van der Waals surface area contributed by atoms with Crippen LogP contribution < -0.4 is 15.1 Å². The monoisotopic (exact) mass is 423 g/mol. The van der Waals surface area contributed by atoms with Crippen molar-refractivity contribution in [2.45, 2.75) is 12.8 Å². The first kappa shape index (κ1) is 20.9. The van der Waals surface area contributed by atoms with Gasteiger partial charge in [-0.15, -0.1) is 0 Å². The van der Waals surface area contributed by atoms with Gasteiger partial charge in [0.15, 0.2) is 6.61 Å². The van der Waals surface area contributed by atoms with Gasteiger partial charge in [-0.05, 0) is 42.8 Å². The molecule has 8 heteroatoms. The Morgan fingerprint density at radius 1 is 1.00 bits per heavy atom. The van der Waals surface area contributed by atoms with Crippen LogP contribution in [0.15, 0.2) is 48.5 Å². The van der Waals surface area contributed by atoms with Gasteiger partial charge in [-0.25, -0.2) is 4.79 Å². The summed E-state index contributed by atoms with van der Waals surface area (Å²) in [6, 6.07) is 14.3. The second kappa shape index (κ2) is 9.61. The number of nitrogens with one attached hydrogen (secondary N) is 1. The number of esters is 1. The molecule has 2 aliphatic rings. The fourth-order valence-corrected chi connectivity index (χ4v) is 3.77. The standard InChI is InChI=1S/C23H25N3O5/c27-21(24-17-7-9-18(10-8-17)25-12-14-30-15-13-25)16-31-23(29)19-4-1-2-5-20(19)26-11-3-6-22(26)28/h1-2,4-5,7-10H,3,6,11-16H2,(H,24,27). The van der Waals surface area contributed by atoms with E-state index in [0.717, 1.165) is 25.2 Å². The molecule has 2 heterocycles. The molecule has 0 bridgehead atoms. The van der Waals surface area contributed by atoms with Crippen molar-refractivity contribution in [2.24, 2.45) is 0 Å². The van der Waals surface area contributed by atoms with E-state index in [-0.39, 0.29) is 11.5 Å². The van der Waals surface area contributed by atoms with Crippen LogP contribution in [0.25, 0.3) is 0 Å². The van der Waals surface area contributed by atoms with Crippen LogP contribution in [-0.4, -0.2) is 57.2 Å². The number of carbonyl (C=O) groups excluding carboxylic acids is 3. The molecule has 2 aliphatic heterocycles. The van der Waals surface area contributed by atoms with Gasteiger partial charge in [-0.3, -0.25) is 9.59 Å². The molecule has 162 valence electrons. The zero-order valence-electron chi connectivity index (χ0n) is 17.2. The zero-order chi connectivity index (χ0) is 21.6. The quantitative estimate of drug-likeness (QED) is 0.718. The van der Waals surface area contributed by atoms with Crippen LogP contribution >= 0.6 is 0 Å². The lowest BCUT2D eigenvalue weighted by Crippen LogP contribution is -2.36. The molecule has 0 spiro atoms. The van der Waals surface area contributed by atoms with Crippen LogP contribution in [0.1, 0.15) is 23.2 Å². The fraction of sp³-hybridized carbons (Fsp3) is 0.348. The highest BCUT2D eigenvalue weighted by Crippen LogP contribution is 2.26. The summed E-state index contributed by atoms with van der Waals surface area (Å²) >= 11 is 0. The predicted molar refractivity (Wildman–Crippen MR) is 116 cm³/mol. The first-order chi connectivity index (χ1) is 15.1. The number of carbonyl (C=O) groups is 3. The molecule has 2 saturated heterocycles. The van der Waals surface area contributed by atoms with Crippen molar-refractivity contribution in [3.63, 3.8) is 0 Å². The van der Waals surface area contributed by atoms with E-state index in [0.29, 0.717) is 37.6 Å². The highest BCUT2D eigenvalue weighted by atomic mass is 16.5. The lowest BCUT2D eigenvalue weighted by molar-refractivity contribution is -0.119. The van der Waals surface area contributed by atoms with E-state index in [2.05, 4.69) is 10.2 Å². The summed E-state index contributed by atoms with van der Waals surface area (Å²) in [5.74, 6) is -1.08. The van der Waals surface area contributed by atoms with Crippen molar-refractivity contribution in [1.29, 1.82) is 0 Å². The van der Waals surface area contributed by atoms with E-state index in [9.17, 15) is 14.4 Å². The number of hydrogen-bond donors (Lipinski definition) is 1. The third kappa shape index (κ3) is 5.03. The van der Waals surface area contributed by atoms with Gasteiger partial charge in [0, 0.05) is 37.4 Å². The summed E-state index contributed by atoms with van der Waals surface area (Å²) in [6.45, 7) is 3.26. The first-order valence-corrected chi connectivity index (χ1v) is 10.4. The van der Waals surface area contributed by atoms with Crippen molar-refractivity contribution in [3.05, 3.63) is 54.1 Å². The van der Waals surface area contributed by atoms with E-state index in [4.69, 9.17) is 9.47 Å². The summed E-state index contributed by atoms with van der Waals surface area (Å²) in [7, 11) is 0. The molecule has 0 saturated carbocycles. The molecular formula is C23H25N3O5. The van der Waals surface area contributed by atoms with Gasteiger partial charge in [-0.2, -0.15) is 0 Å². The minimum atomic E-state index is -0.631. The molecule has 31 heavy (non-hydrogen) atoms. The molecule has 0 aromatic heterocycles. The van der Waals surface area contributed by atoms with E-state index in [1.54, 1.807) is 29.2 Å². The van der Waals surface area contributed by atoms with Crippen LogP contribution in [0.4, 0.5) is 17.1 Å². The van der Waals surface area contributed by atoms with E-state index >= 15 is 0 Å². The highest BCUT2D eigenvalue weighted by Gasteiger charge is 2.26. The third-order valence-corrected chi connectivity index (χ3v) is 5.35. The van der Waals surface area contributed by atoms with E-state index in [1.807, 2.05) is 24.3 Å². The summed E-state index contributed by atoms with van der Waals surface area (Å²) in [4.78, 5) is 40.7. The average Bonchev–Trinajstić information content (AvgIpc) is 3.24. The maximum absolute atomic E-state index is 12.5. The first-order valence-electron chi connectivity index (χ1n) is 10.4. The third-order valence-electron chi connectivity index (χ3n) is 5.35. The van der Waals surface area contributed by atoms with Crippen LogP contribution in [0.3, 0.4) is 0 Å². The van der Waals surface area contributed by atoms with Gasteiger partial charge in [0.1, 0.15) is 0 Å². The van der Waals surface area contributed by atoms with Crippen molar-refractivity contribution in [3.8, 4) is 0 Å². The molecule has 0 unspecified atom stereocenters. The molecule has 2 aromatic rings. The van der Waals surface area contributed by atoms with E-state index in [1.165, 1.54) is 0 Å². The number of morpholine rings is 1. The number of rotatable bonds is 6. The van der Waals surface area contributed by atoms with Crippen LogP contribution in [0.2, 0.25) is 0 Å². The van der Waals surface area contributed by atoms with Crippen molar-refractivity contribution in [1.82, 2.24) is 0 Å². The lowest BCUT2D eigenvalue weighted by atomic mass is 10.1. The van der Waals surface area contributed by atoms with Gasteiger partial charge < -0.3 is 24.6 Å². The molecule has 2 fully saturated rings. The van der Waals surface area contributed by atoms with Gasteiger partial charge in [0.05, 0.1) is 24.5 Å². The zero-order valence-corrected chi connectivity index (χ0v) is 17.2. The molecule has 2 amide bonds. The Kier molecular flexibility index (Phi) is 6.47. The average molecular weight is 423 g/mol. The largest absolute Gasteiger partial charge is 0.452 e. The number of ether oxygens (including phenoxy) is 2. The molecule has 1 N–H and O–H groups in total. The molecule has 8 nitrogen and oxygen atoms in total. The molecule has 0 aliphatic carbocycles. The van der Waals surface area contributed by atoms with Gasteiger partial charge in [0.2, 0.25) is 5.91 Å². The van der Waals surface area contributed by atoms with Crippen molar-refractivity contribution >= 4 is 34.8 Å². The minimum absolute atomic E-state index is 0.0153. The normalized spacial score (nSPS) is 16.3. The lowest BCUT2D eigenvalue weighted by Gasteiger charge is -2.28. The Bertz CT molecular complexity index is 954. The Labute approximate surface area is 180 Å². The second-order valence-electron chi connectivity index (χ2n) is 7.44. The number of hydrogen-bond acceptors (Lipinski definition) is 6. The smallest absolute Gasteiger partial charge is 0.340 e. The van der Waals surface area contributed by atoms with Crippen molar-refractivity contribution < 1.29 is 23.9 Å². The minimum Gasteiger partial charge on any atom is -0.452 e. The summed E-state index contributed by atoms with van der Waals surface area (Å²) < 4.78 is 10.6. The maximum atomic E-state index is 12.5. The number of nitrogens with zero attached hydrogens (tertiary/aromatic N) is 2. The van der Waals surface area contributed by atoms with Gasteiger partial charge in [-0.1, -0.05) is 12.1 Å². The van der Waals surface area contributed by atoms with Crippen LogP contribution in [-0.2, 0) is 19.1 Å². The Morgan fingerprint density at radius 3 is 2.45 bits per heavy atom. The Morgan fingerprint density at radius 2 is 1.74 bits per heavy atom. The maximum Gasteiger partial charge on any atom is 0.340 e. The molecule has 4 rings (SSSR count). The molecule has 0 radical (unpaired) electrons. The Balaban J connectivity index is 1.32. The van der Waals surface area contributed by atoms with Gasteiger partial charge >= 0.3 is 5.97 Å². The highest BCUT2D eigenvalue weighted by molar-refractivity contribution is 6.04. The van der Waals surface area contributed by atoms with Crippen LogP contribution in [0, 0.1) is 0 Å². The Hall–Kier alpha value is -3.39. The van der Waals surface area contributed by atoms with E-state index < -0.39 is 18.5 Å². The summed E-state index contributed by atoms with van der Waals surface area (Å²) in [5.41, 5.74) is 2.50. The second-order valence-corrected chi connectivity index (χ2v) is 7.44. The summed E-state index contributed by atoms with van der Waals surface area (Å²) in [5, 5.41) is 2.73. The SMILES string of the molecule is O=C(COC(=O)c1ccccc1N1CCCC1=O)Nc1ccc(N2CCOCC2)cc1. The number of para-hydroxylation sites is 1. The number of anilines is 3. The molecular weight excluding hydrogens is 398 g/mol. The predicted octanol–water partition coefficient (Wildman–Crippen LogP) is 2.45. The topological polar surface area (TPSA) is 88.2 Å². The number of amides is 2. The number of benzene rings is 2. The van der Waals surface area contributed by atoms with Crippen LogP contribution in [0.5, 0.6) is 0 Å². The molecule has 0 atom stereocenters. The van der Waals surface area contributed by atoms with Crippen molar-refractivity contribution in [2.75, 3.05) is 54.6 Å². The van der Waals surface area contributed by atoms with Gasteiger partial charge in [0.25, 0.3) is 5.91 Å².